The van der Waals surface area contributed by atoms with Crippen LogP contribution in [0.2, 0.25) is 0 Å². The first-order chi connectivity index (χ1) is 21.0. The molecule has 0 aliphatic carbocycles. The van der Waals surface area contributed by atoms with Gasteiger partial charge in [-0.15, -0.1) is 0 Å². The van der Waals surface area contributed by atoms with Gasteiger partial charge in [0.2, 0.25) is 15.9 Å². The first-order valence-electron chi connectivity index (χ1n) is 15.2. The largest absolute Gasteiger partial charge is 0.352 e. The summed E-state index contributed by atoms with van der Waals surface area (Å²) in [5, 5.41) is 4.53. The molecule has 43 heavy (non-hydrogen) atoms. The summed E-state index contributed by atoms with van der Waals surface area (Å²) in [6.45, 7) is 0.169. The third kappa shape index (κ3) is 8.76. The van der Waals surface area contributed by atoms with E-state index in [0.717, 1.165) is 55.2 Å². The number of benzene rings is 4. The highest BCUT2D eigenvalue weighted by atomic mass is 32.2. The van der Waals surface area contributed by atoms with E-state index in [1.54, 1.807) is 6.08 Å². The Balaban J connectivity index is 1.32. The van der Waals surface area contributed by atoms with Crippen molar-refractivity contribution in [3.8, 4) is 0 Å². The molecule has 0 radical (unpaired) electrons. The zero-order chi connectivity index (χ0) is 29.9. The average molecular weight is 593 g/mol. The van der Waals surface area contributed by atoms with Crippen molar-refractivity contribution < 1.29 is 13.2 Å². The Hall–Kier alpha value is -4.00. The predicted octanol–water partition coefficient (Wildman–Crippen LogP) is 6.94. The predicted molar refractivity (Wildman–Crippen MR) is 175 cm³/mol. The molecule has 1 N–H and O–H groups in total. The second-order valence-corrected chi connectivity index (χ2v) is 13.0. The minimum Gasteiger partial charge on any atom is -0.352 e. The Labute approximate surface area is 256 Å². The molecule has 222 valence electrons. The van der Waals surface area contributed by atoms with E-state index >= 15 is 0 Å². The van der Waals surface area contributed by atoms with Gasteiger partial charge >= 0.3 is 0 Å². The molecule has 0 bridgehead atoms. The highest BCUT2D eigenvalue weighted by molar-refractivity contribution is 7.92. The first-order valence-corrected chi connectivity index (χ1v) is 16.7. The summed E-state index contributed by atoms with van der Waals surface area (Å²) >= 11 is 0. The van der Waals surface area contributed by atoms with Crippen LogP contribution in [-0.2, 0) is 40.6 Å². The molecule has 0 saturated carbocycles. The van der Waals surface area contributed by atoms with Crippen molar-refractivity contribution in [1.82, 2.24) is 9.62 Å². The van der Waals surface area contributed by atoms with E-state index in [1.807, 2.05) is 66.7 Å². The maximum atomic E-state index is 14.0. The van der Waals surface area contributed by atoms with Gasteiger partial charge in [-0.1, -0.05) is 115 Å². The molecule has 4 aromatic carbocycles. The number of sulfonamides is 1. The lowest BCUT2D eigenvalue weighted by Crippen LogP contribution is -2.53. The van der Waals surface area contributed by atoms with Crippen molar-refractivity contribution >= 4 is 22.0 Å². The lowest BCUT2D eigenvalue weighted by molar-refractivity contribution is -0.126. The third-order valence-electron chi connectivity index (χ3n) is 8.14. The van der Waals surface area contributed by atoms with Gasteiger partial charge in [0.05, 0.1) is 0 Å². The van der Waals surface area contributed by atoms with Crippen LogP contribution in [0.1, 0.15) is 53.5 Å². The Morgan fingerprint density at radius 1 is 0.744 bits per heavy atom. The van der Waals surface area contributed by atoms with Crippen LogP contribution < -0.4 is 5.32 Å². The fourth-order valence-electron chi connectivity index (χ4n) is 5.78. The number of aryl methyl sites for hydroxylation is 2. The molecule has 1 heterocycles. The number of nitrogens with one attached hydrogen (secondary N) is 1. The maximum absolute atomic E-state index is 14.0. The van der Waals surface area contributed by atoms with E-state index < -0.39 is 16.1 Å². The molecule has 0 aromatic heterocycles. The fraction of sp³-hybridized carbons (Fsp3) is 0.270. The molecule has 0 saturated heterocycles. The van der Waals surface area contributed by atoms with Gasteiger partial charge in [-0.05, 0) is 78.8 Å². The van der Waals surface area contributed by atoms with Crippen LogP contribution >= 0.6 is 0 Å². The normalized spacial score (nSPS) is 15.4. The summed E-state index contributed by atoms with van der Waals surface area (Å²) in [7, 11) is -3.87. The van der Waals surface area contributed by atoms with E-state index in [4.69, 9.17) is 0 Å². The summed E-state index contributed by atoms with van der Waals surface area (Å²) < 4.78 is 28.7. The number of fused-ring (bicyclic) bond motifs is 1. The van der Waals surface area contributed by atoms with Crippen LogP contribution in [0.4, 0.5) is 0 Å². The van der Waals surface area contributed by atoms with E-state index in [1.165, 1.54) is 20.8 Å². The molecular formula is C37H40N2O3S. The van der Waals surface area contributed by atoms with Crippen LogP contribution in [0.25, 0.3) is 6.08 Å². The number of hydrogen-bond donors (Lipinski definition) is 1. The van der Waals surface area contributed by atoms with Crippen LogP contribution in [0.3, 0.4) is 0 Å². The molecule has 1 aliphatic rings. The van der Waals surface area contributed by atoms with Crippen molar-refractivity contribution in [2.75, 3.05) is 0 Å². The molecule has 0 fully saturated rings. The summed E-state index contributed by atoms with van der Waals surface area (Å²) in [6, 6.07) is 37.1. The monoisotopic (exact) mass is 592 g/mol. The number of hydrogen-bond acceptors (Lipinski definition) is 3. The summed E-state index contributed by atoms with van der Waals surface area (Å²) in [5.41, 5.74) is 5.31. The molecular weight excluding hydrogens is 552 g/mol. The number of nitrogens with zero attached hydrogens (tertiary/aromatic N) is 1. The van der Waals surface area contributed by atoms with Crippen molar-refractivity contribution in [1.29, 1.82) is 0 Å². The molecule has 6 heteroatoms. The van der Waals surface area contributed by atoms with Crippen LogP contribution in [0.15, 0.2) is 121 Å². The second-order valence-electron chi connectivity index (χ2n) is 11.3. The lowest BCUT2D eigenvalue weighted by Gasteiger charge is -2.35. The summed E-state index contributed by atoms with van der Waals surface area (Å²) in [4.78, 5) is 14.0. The number of carbonyl (C=O) groups is 1. The maximum Gasteiger partial charge on any atom is 0.239 e. The molecule has 5 rings (SSSR count). The smallest absolute Gasteiger partial charge is 0.239 e. The highest BCUT2D eigenvalue weighted by Crippen LogP contribution is 2.27. The van der Waals surface area contributed by atoms with Gasteiger partial charge in [0.25, 0.3) is 0 Å². The molecule has 1 aliphatic heterocycles. The summed E-state index contributed by atoms with van der Waals surface area (Å²) in [6.07, 6.45) is 7.37. The number of rotatable bonds is 13. The molecule has 1 atom stereocenters. The van der Waals surface area contributed by atoms with Gasteiger partial charge in [-0.3, -0.25) is 4.79 Å². The van der Waals surface area contributed by atoms with Crippen molar-refractivity contribution in [3.63, 3.8) is 0 Å². The highest BCUT2D eigenvalue weighted by Gasteiger charge is 2.38. The quantitative estimate of drug-likeness (QED) is 0.183. The molecule has 5 nitrogen and oxygen atoms in total. The topological polar surface area (TPSA) is 66.5 Å². The van der Waals surface area contributed by atoms with Crippen LogP contribution in [0, 0.1) is 0 Å². The third-order valence-corrected chi connectivity index (χ3v) is 9.65. The number of amides is 1. The van der Waals surface area contributed by atoms with Crippen molar-refractivity contribution in [2.45, 2.75) is 63.6 Å². The second kappa shape index (κ2) is 14.9. The minimum atomic E-state index is -3.87. The lowest BCUT2D eigenvalue weighted by atomic mass is 9.94. The van der Waals surface area contributed by atoms with E-state index in [9.17, 15) is 13.2 Å². The SMILES string of the molecule is O=C(NC(CCCc1ccccc1)CCCc1ccccc1)[C@@H]1Cc2ccccc2CN1S(=O)(=O)C=Cc1ccccc1. The Bertz CT molecular complexity index is 1540. The summed E-state index contributed by atoms with van der Waals surface area (Å²) in [5.74, 6) is -0.226. The van der Waals surface area contributed by atoms with Gasteiger partial charge < -0.3 is 5.32 Å². The van der Waals surface area contributed by atoms with Crippen molar-refractivity contribution in [3.05, 3.63) is 148 Å². The zero-order valence-electron chi connectivity index (χ0n) is 24.5. The van der Waals surface area contributed by atoms with E-state index in [0.29, 0.717) is 6.42 Å². The van der Waals surface area contributed by atoms with Gasteiger partial charge in [-0.2, -0.15) is 4.31 Å². The molecule has 4 aromatic rings. The zero-order valence-corrected chi connectivity index (χ0v) is 25.3. The first kappa shape index (κ1) is 30.5. The van der Waals surface area contributed by atoms with Gasteiger partial charge in [0.1, 0.15) is 6.04 Å². The van der Waals surface area contributed by atoms with Gasteiger partial charge in [0.15, 0.2) is 0 Å². The van der Waals surface area contributed by atoms with Crippen LogP contribution in [0.5, 0.6) is 0 Å². The molecule has 0 spiro atoms. The molecule has 0 unspecified atom stereocenters. The minimum absolute atomic E-state index is 0.0403. The van der Waals surface area contributed by atoms with Gasteiger partial charge in [0, 0.05) is 18.0 Å². The van der Waals surface area contributed by atoms with Crippen LogP contribution in [-0.4, -0.2) is 30.7 Å². The fourth-order valence-corrected chi connectivity index (χ4v) is 7.11. The number of carbonyl (C=O) groups excluding carboxylic acids is 1. The Morgan fingerprint density at radius 2 is 1.26 bits per heavy atom. The molecule has 1 amide bonds. The Kier molecular flexibility index (Phi) is 10.6. The van der Waals surface area contributed by atoms with E-state index in [-0.39, 0.29) is 18.5 Å². The Morgan fingerprint density at radius 3 is 1.84 bits per heavy atom. The van der Waals surface area contributed by atoms with E-state index in [2.05, 4.69) is 53.8 Å². The van der Waals surface area contributed by atoms with Crippen molar-refractivity contribution in [2.24, 2.45) is 0 Å². The van der Waals surface area contributed by atoms with Gasteiger partial charge in [-0.25, -0.2) is 8.42 Å². The average Bonchev–Trinajstić information content (AvgIpc) is 3.04. The standard InChI is InChI=1S/C37H40N2O3S/c40-37(38-35(24-12-20-30-14-4-1-5-15-30)25-13-21-31-16-6-2-7-17-31)36-28-33-22-10-11-23-34(33)29-39(36)43(41,42)27-26-32-18-8-3-9-19-32/h1-11,14-19,22-23,26-27,35-36H,12-13,20-21,24-25,28-29H2,(H,38,40)/t36-/m0/s1.